The van der Waals surface area contributed by atoms with E-state index in [0.29, 0.717) is 6.04 Å². The van der Waals surface area contributed by atoms with E-state index in [1.54, 1.807) is 11.3 Å². The van der Waals surface area contributed by atoms with E-state index in [1.807, 2.05) is 12.1 Å². The average molecular weight is 199 g/mol. The van der Waals surface area contributed by atoms with Crippen LogP contribution in [0.25, 0.3) is 20.2 Å². The van der Waals surface area contributed by atoms with Crippen molar-refractivity contribution in [3.63, 3.8) is 0 Å². The van der Waals surface area contributed by atoms with Gasteiger partial charge in [0.15, 0.2) is 0 Å². The summed E-state index contributed by atoms with van der Waals surface area (Å²) in [7, 11) is 0. The molecule has 0 aliphatic carbocycles. The first-order chi connectivity index (χ1) is 7.27. The molecule has 68 valence electrons. The Kier molecular flexibility index (Phi) is 1.42. The number of benzene rings is 2. The summed E-state index contributed by atoms with van der Waals surface area (Å²) in [6, 6.07) is 12.9. The number of rotatable bonds is 0. The van der Waals surface area contributed by atoms with Gasteiger partial charge in [0.2, 0.25) is 0 Å². The molecule has 14 heavy (non-hydrogen) atoms. The van der Waals surface area contributed by atoms with Crippen LogP contribution in [0, 0.1) is 6.92 Å². The Morgan fingerprint density at radius 1 is 1.07 bits per heavy atom. The zero-order valence-electron chi connectivity index (χ0n) is 8.87. The molecular weight excluding hydrogens is 188 g/mol. The van der Waals surface area contributed by atoms with Gasteiger partial charge in [0, 0.05) is 20.2 Å². The van der Waals surface area contributed by atoms with Crippen molar-refractivity contribution in [3.8, 4) is 0 Å². The Morgan fingerprint density at radius 2 is 1.93 bits per heavy atom. The monoisotopic (exact) mass is 199 g/mol. The van der Waals surface area contributed by atoms with Crippen LogP contribution in [-0.2, 0) is 0 Å². The lowest BCUT2D eigenvalue weighted by Gasteiger charge is -1.93. The van der Waals surface area contributed by atoms with Crippen molar-refractivity contribution in [2.24, 2.45) is 0 Å². The van der Waals surface area contributed by atoms with Crippen molar-refractivity contribution in [1.29, 1.82) is 0 Å². The molecule has 3 rings (SSSR count). The molecule has 0 aliphatic heterocycles. The van der Waals surface area contributed by atoms with E-state index < -0.39 is 0 Å². The van der Waals surface area contributed by atoms with Crippen LogP contribution in [0.3, 0.4) is 0 Å². The number of hydrogen-bond acceptors (Lipinski definition) is 1. The number of hydrogen-bond donors (Lipinski definition) is 0. The topological polar surface area (TPSA) is 0 Å². The minimum Gasteiger partial charge on any atom is -0.135 e. The first-order valence-electron chi connectivity index (χ1n) is 5.15. The van der Waals surface area contributed by atoms with Gasteiger partial charge in [-0.25, -0.2) is 0 Å². The van der Waals surface area contributed by atoms with Gasteiger partial charge in [0.25, 0.3) is 0 Å². The maximum absolute atomic E-state index is 7.88. The predicted molar refractivity (Wildman–Crippen MR) is 64.1 cm³/mol. The van der Waals surface area contributed by atoms with Crippen LogP contribution in [0.1, 0.15) is 6.93 Å². The smallest absolute Gasteiger partial charge is 0.0638 e. The van der Waals surface area contributed by atoms with E-state index in [9.17, 15) is 0 Å². The van der Waals surface area contributed by atoms with Crippen LogP contribution in [0.2, 0.25) is 0 Å². The van der Waals surface area contributed by atoms with Crippen molar-refractivity contribution < 1.29 is 1.37 Å². The van der Waals surface area contributed by atoms with Gasteiger partial charge in [-0.1, -0.05) is 36.4 Å². The van der Waals surface area contributed by atoms with E-state index in [2.05, 4.69) is 31.2 Å². The standard InChI is InChI=1S/C13H10S/c1-9-5-4-7-11-10-6-2-3-8-12(10)14-13(9)11/h2-8H,1H3/i8D. The lowest BCUT2D eigenvalue weighted by Crippen LogP contribution is -1.69. The highest BCUT2D eigenvalue weighted by atomic mass is 32.1. The third kappa shape index (κ3) is 0.992. The van der Waals surface area contributed by atoms with Gasteiger partial charge in [-0.3, -0.25) is 0 Å². The SMILES string of the molecule is [2H]c1cccc2c1sc1c(C)cccc12. The molecular formula is C13H10S. The van der Waals surface area contributed by atoms with Crippen molar-refractivity contribution in [3.05, 3.63) is 48.0 Å². The van der Waals surface area contributed by atoms with Crippen molar-refractivity contribution >= 4 is 31.5 Å². The van der Waals surface area contributed by atoms with Crippen LogP contribution in [0.5, 0.6) is 0 Å². The maximum atomic E-state index is 7.88. The second kappa shape index (κ2) is 2.82. The summed E-state index contributed by atoms with van der Waals surface area (Å²) in [4.78, 5) is 0. The van der Waals surface area contributed by atoms with E-state index in [4.69, 9.17) is 1.37 Å². The van der Waals surface area contributed by atoms with Crippen LogP contribution in [-0.4, -0.2) is 0 Å². The second-order valence-electron chi connectivity index (χ2n) is 3.47. The van der Waals surface area contributed by atoms with Gasteiger partial charge in [-0.2, -0.15) is 0 Å². The molecule has 2 aromatic carbocycles. The van der Waals surface area contributed by atoms with E-state index in [1.165, 1.54) is 21.0 Å². The third-order valence-electron chi connectivity index (χ3n) is 2.52. The lowest BCUT2D eigenvalue weighted by molar-refractivity contribution is 1.56. The molecule has 1 heterocycles. The number of fused-ring (bicyclic) bond motifs is 3. The highest BCUT2D eigenvalue weighted by Gasteiger charge is 2.04. The highest BCUT2D eigenvalue weighted by Crippen LogP contribution is 2.35. The average Bonchev–Trinajstić information content (AvgIpc) is 2.60. The second-order valence-corrected chi connectivity index (χ2v) is 4.49. The number of thiophene rings is 1. The molecule has 0 nitrogen and oxygen atoms in total. The largest absolute Gasteiger partial charge is 0.135 e. The normalized spacial score (nSPS) is 12.2. The molecule has 0 saturated heterocycles. The zero-order valence-corrected chi connectivity index (χ0v) is 8.69. The van der Waals surface area contributed by atoms with Crippen LogP contribution in [0.4, 0.5) is 0 Å². The maximum Gasteiger partial charge on any atom is 0.0638 e. The fourth-order valence-corrected chi connectivity index (χ4v) is 2.96. The van der Waals surface area contributed by atoms with Crippen molar-refractivity contribution in [2.75, 3.05) is 0 Å². The molecule has 3 aromatic rings. The summed E-state index contributed by atoms with van der Waals surface area (Å²) >= 11 is 1.73. The third-order valence-corrected chi connectivity index (χ3v) is 3.81. The van der Waals surface area contributed by atoms with Gasteiger partial charge >= 0.3 is 0 Å². The van der Waals surface area contributed by atoms with Gasteiger partial charge in [0.05, 0.1) is 1.37 Å². The molecule has 1 heteroatoms. The van der Waals surface area contributed by atoms with Gasteiger partial charge < -0.3 is 0 Å². The quantitative estimate of drug-likeness (QED) is 0.504. The molecule has 0 N–H and O–H groups in total. The zero-order chi connectivity index (χ0) is 10.4. The highest BCUT2D eigenvalue weighted by molar-refractivity contribution is 7.26. The first kappa shape index (κ1) is 7.02. The first-order valence-corrected chi connectivity index (χ1v) is 5.46. The lowest BCUT2D eigenvalue weighted by atomic mass is 10.1. The molecule has 0 amide bonds. The van der Waals surface area contributed by atoms with Gasteiger partial charge in [-0.05, 0) is 18.5 Å². The van der Waals surface area contributed by atoms with Crippen molar-refractivity contribution in [1.82, 2.24) is 0 Å². The predicted octanol–water partition coefficient (Wildman–Crippen LogP) is 4.36. The summed E-state index contributed by atoms with van der Waals surface area (Å²) in [5.41, 5.74) is 1.30. The van der Waals surface area contributed by atoms with E-state index >= 15 is 0 Å². The summed E-state index contributed by atoms with van der Waals surface area (Å²) in [6.07, 6.45) is 0. The van der Waals surface area contributed by atoms with Gasteiger partial charge in [-0.15, -0.1) is 11.3 Å². The Morgan fingerprint density at radius 3 is 2.86 bits per heavy atom. The molecule has 0 unspecified atom stereocenters. The fraction of sp³-hybridized carbons (Fsp3) is 0.0769. The van der Waals surface area contributed by atoms with Crippen molar-refractivity contribution in [2.45, 2.75) is 6.92 Å². The summed E-state index contributed by atoms with van der Waals surface area (Å²) in [6.45, 7) is 2.13. The van der Waals surface area contributed by atoms with Gasteiger partial charge in [0.1, 0.15) is 0 Å². The van der Waals surface area contributed by atoms with Crippen LogP contribution < -0.4 is 0 Å². The summed E-state index contributed by atoms with van der Waals surface area (Å²) < 4.78 is 10.3. The van der Waals surface area contributed by atoms with E-state index in [-0.39, 0.29) is 0 Å². The minimum atomic E-state index is 0.633. The Hall–Kier alpha value is -1.34. The van der Waals surface area contributed by atoms with Crippen LogP contribution >= 0.6 is 11.3 Å². The summed E-state index contributed by atoms with van der Waals surface area (Å²) in [5.74, 6) is 0. The molecule has 0 radical (unpaired) electrons. The summed E-state index contributed by atoms with van der Waals surface area (Å²) in [5, 5.41) is 2.50. The Bertz CT molecular complexity index is 596. The van der Waals surface area contributed by atoms with Crippen LogP contribution in [0.15, 0.2) is 42.4 Å². The fourth-order valence-electron chi connectivity index (χ4n) is 1.82. The molecule has 0 spiro atoms. The Labute approximate surface area is 88.2 Å². The molecule has 1 aromatic heterocycles. The minimum absolute atomic E-state index is 0.633. The number of aryl methyl sites for hydroxylation is 1. The van der Waals surface area contributed by atoms with E-state index in [0.717, 1.165) is 4.70 Å². The molecule has 0 aliphatic rings. The molecule has 0 bridgehead atoms. The molecule has 0 fully saturated rings. The Balaban J connectivity index is 2.63. The molecule has 0 atom stereocenters. The molecule has 0 saturated carbocycles.